The van der Waals surface area contributed by atoms with Crippen molar-refractivity contribution in [1.82, 2.24) is 10.2 Å². The van der Waals surface area contributed by atoms with Crippen molar-refractivity contribution in [1.29, 1.82) is 0 Å². The van der Waals surface area contributed by atoms with Gasteiger partial charge in [0.25, 0.3) is 0 Å². The largest absolute Gasteiger partial charge is 0.465 e. The zero-order valence-electron chi connectivity index (χ0n) is 10.9. The highest BCUT2D eigenvalue weighted by Crippen LogP contribution is 2.21. The molecule has 3 aromatic rings. The number of fused-ring (bicyclic) bond motifs is 1. The highest BCUT2D eigenvalue weighted by Gasteiger charge is 2.08. The molecule has 0 N–H and O–H groups in total. The maximum Gasteiger partial charge on any atom is 0.337 e. The van der Waals surface area contributed by atoms with Crippen LogP contribution < -0.4 is 0 Å². The van der Waals surface area contributed by atoms with E-state index < -0.39 is 0 Å². The van der Waals surface area contributed by atoms with Crippen LogP contribution in [0.15, 0.2) is 54.6 Å². The molecule has 3 rings (SSSR count). The molecule has 0 unspecified atom stereocenters. The topological polar surface area (TPSA) is 52.1 Å². The van der Waals surface area contributed by atoms with Crippen LogP contribution in [0.25, 0.3) is 22.2 Å². The first-order chi connectivity index (χ1) is 9.78. The van der Waals surface area contributed by atoms with Crippen LogP contribution in [0, 0.1) is 0 Å². The summed E-state index contributed by atoms with van der Waals surface area (Å²) in [4.78, 5) is 11.6. The van der Waals surface area contributed by atoms with Gasteiger partial charge in [-0.05, 0) is 24.3 Å². The molecule has 0 radical (unpaired) electrons. The van der Waals surface area contributed by atoms with Gasteiger partial charge in [0.1, 0.15) is 0 Å². The zero-order chi connectivity index (χ0) is 13.9. The van der Waals surface area contributed by atoms with Gasteiger partial charge in [0.2, 0.25) is 0 Å². The molecule has 0 bridgehead atoms. The molecule has 0 aliphatic rings. The van der Waals surface area contributed by atoms with Crippen LogP contribution in [0.3, 0.4) is 0 Å². The summed E-state index contributed by atoms with van der Waals surface area (Å²) in [5.74, 6) is -0.361. The van der Waals surface area contributed by atoms with Crippen molar-refractivity contribution >= 4 is 16.9 Å². The summed E-state index contributed by atoms with van der Waals surface area (Å²) in [7, 11) is 1.37. The summed E-state index contributed by atoms with van der Waals surface area (Å²) in [6.07, 6.45) is 0. The number of esters is 1. The predicted molar refractivity (Wildman–Crippen MR) is 76.3 cm³/mol. The average Bonchev–Trinajstić information content (AvgIpc) is 2.53. The third-order valence-corrected chi connectivity index (χ3v) is 3.07. The normalized spacial score (nSPS) is 10.4. The van der Waals surface area contributed by atoms with Gasteiger partial charge in [0.05, 0.1) is 23.9 Å². The van der Waals surface area contributed by atoms with Crippen molar-refractivity contribution in [3.05, 3.63) is 60.2 Å². The number of benzene rings is 2. The first-order valence-corrected chi connectivity index (χ1v) is 6.19. The van der Waals surface area contributed by atoms with E-state index in [1.165, 1.54) is 7.11 Å². The average molecular weight is 264 g/mol. The molecule has 1 heterocycles. The second-order valence-corrected chi connectivity index (χ2v) is 4.36. The Bertz CT molecular complexity index is 784. The SMILES string of the molecule is COC(=O)c1cccc(-c2cc3ccccc3nn2)c1. The molecule has 0 saturated carbocycles. The maximum atomic E-state index is 11.6. The Balaban J connectivity index is 2.08. The molecular weight excluding hydrogens is 252 g/mol. The second-order valence-electron chi connectivity index (χ2n) is 4.36. The van der Waals surface area contributed by atoms with Gasteiger partial charge in [-0.2, -0.15) is 0 Å². The van der Waals surface area contributed by atoms with E-state index in [4.69, 9.17) is 4.74 Å². The van der Waals surface area contributed by atoms with E-state index in [1.807, 2.05) is 36.4 Å². The molecule has 0 saturated heterocycles. The van der Waals surface area contributed by atoms with Crippen LogP contribution in [0.1, 0.15) is 10.4 Å². The van der Waals surface area contributed by atoms with Crippen molar-refractivity contribution in [2.45, 2.75) is 0 Å². The molecule has 0 atom stereocenters. The fourth-order valence-corrected chi connectivity index (χ4v) is 2.05. The van der Waals surface area contributed by atoms with E-state index in [0.29, 0.717) is 5.56 Å². The number of carbonyl (C=O) groups is 1. The number of hydrogen-bond donors (Lipinski definition) is 0. The van der Waals surface area contributed by atoms with Crippen molar-refractivity contribution in [3.63, 3.8) is 0 Å². The monoisotopic (exact) mass is 264 g/mol. The van der Waals surface area contributed by atoms with Gasteiger partial charge in [0.15, 0.2) is 0 Å². The third-order valence-electron chi connectivity index (χ3n) is 3.07. The summed E-state index contributed by atoms with van der Waals surface area (Å²) >= 11 is 0. The lowest BCUT2D eigenvalue weighted by atomic mass is 10.1. The van der Waals surface area contributed by atoms with Gasteiger partial charge in [-0.25, -0.2) is 4.79 Å². The van der Waals surface area contributed by atoms with Crippen LogP contribution in [0.5, 0.6) is 0 Å². The Hall–Kier alpha value is -2.75. The van der Waals surface area contributed by atoms with Crippen LogP contribution in [-0.4, -0.2) is 23.3 Å². The fourth-order valence-electron chi connectivity index (χ4n) is 2.05. The molecule has 0 amide bonds. The van der Waals surface area contributed by atoms with E-state index >= 15 is 0 Å². The lowest BCUT2D eigenvalue weighted by Gasteiger charge is -2.04. The minimum atomic E-state index is -0.361. The van der Waals surface area contributed by atoms with E-state index in [9.17, 15) is 4.79 Å². The van der Waals surface area contributed by atoms with Crippen molar-refractivity contribution in [2.24, 2.45) is 0 Å². The quantitative estimate of drug-likeness (QED) is 0.667. The molecule has 4 nitrogen and oxygen atoms in total. The smallest absolute Gasteiger partial charge is 0.337 e. The van der Waals surface area contributed by atoms with Crippen molar-refractivity contribution in [2.75, 3.05) is 7.11 Å². The number of ether oxygens (including phenoxy) is 1. The van der Waals surface area contributed by atoms with Gasteiger partial charge < -0.3 is 4.74 Å². The number of aromatic nitrogens is 2. The van der Waals surface area contributed by atoms with E-state index in [0.717, 1.165) is 22.2 Å². The molecule has 20 heavy (non-hydrogen) atoms. The molecule has 0 aliphatic heterocycles. The summed E-state index contributed by atoms with van der Waals surface area (Å²) in [6.45, 7) is 0. The first kappa shape index (κ1) is 12.3. The van der Waals surface area contributed by atoms with E-state index in [1.54, 1.807) is 18.2 Å². The molecule has 0 spiro atoms. The number of nitrogens with zero attached hydrogens (tertiary/aromatic N) is 2. The maximum absolute atomic E-state index is 11.6. The van der Waals surface area contributed by atoms with Gasteiger partial charge in [-0.15, -0.1) is 10.2 Å². The number of rotatable bonds is 2. The Morgan fingerprint density at radius 3 is 2.70 bits per heavy atom. The van der Waals surface area contributed by atoms with Crippen LogP contribution >= 0.6 is 0 Å². The minimum absolute atomic E-state index is 0.361. The standard InChI is InChI=1S/C16H12N2O2/c1-20-16(19)13-7-4-6-11(9-13)15-10-12-5-2-3-8-14(12)17-18-15/h2-10H,1H3. The summed E-state index contributed by atoms with van der Waals surface area (Å²) < 4.78 is 4.72. The van der Waals surface area contributed by atoms with E-state index in [2.05, 4.69) is 10.2 Å². The highest BCUT2D eigenvalue weighted by molar-refractivity contribution is 5.91. The van der Waals surface area contributed by atoms with Crippen molar-refractivity contribution < 1.29 is 9.53 Å². The second kappa shape index (κ2) is 5.09. The van der Waals surface area contributed by atoms with Crippen LogP contribution in [0.2, 0.25) is 0 Å². The van der Waals surface area contributed by atoms with Gasteiger partial charge in [-0.1, -0.05) is 30.3 Å². The molecule has 0 aliphatic carbocycles. The van der Waals surface area contributed by atoms with Crippen molar-refractivity contribution in [3.8, 4) is 11.3 Å². The summed E-state index contributed by atoms with van der Waals surface area (Å²) in [5.41, 5.74) is 2.92. The molecule has 1 aromatic heterocycles. The molecule has 4 heteroatoms. The van der Waals surface area contributed by atoms with Crippen LogP contribution in [-0.2, 0) is 4.74 Å². The minimum Gasteiger partial charge on any atom is -0.465 e. The number of hydrogen-bond acceptors (Lipinski definition) is 4. The summed E-state index contributed by atoms with van der Waals surface area (Å²) in [6, 6.07) is 16.9. The summed E-state index contributed by atoms with van der Waals surface area (Å²) in [5, 5.41) is 9.40. The lowest BCUT2D eigenvalue weighted by Crippen LogP contribution is -2.01. The molecule has 0 fully saturated rings. The molecule has 2 aromatic carbocycles. The zero-order valence-corrected chi connectivity index (χ0v) is 10.9. The van der Waals surface area contributed by atoms with E-state index in [-0.39, 0.29) is 5.97 Å². The lowest BCUT2D eigenvalue weighted by molar-refractivity contribution is 0.0601. The third kappa shape index (κ3) is 2.23. The predicted octanol–water partition coefficient (Wildman–Crippen LogP) is 3.08. The van der Waals surface area contributed by atoms with Gasteiger partial charge in [0, 0.05) is 10.9 Å². The Morgan fingerprint density at radius 1 is 1.00 bits per heavy atom. The molecular formula is C16H12N2O2. The van der Waals surface area contributed by atoms with Crippen LogP contribution in [0.4, 0.5) is 0 Å². The Morgan fingerprint density at radius 2 is 1.85 bits per heavy atom. The highest BCUT2D eigenvalue weighted by atomic mass is 16.5. The Kier molecular flexibility index (Phi) is 3.13. The first-order valence-electron chi connectivity index (χ1n) is 6.19. The number of carbonyl (C=O) groups excluding carboxylic acids is 1. The molecule has 98 valence electrons. The fraction of sp³-hybridized carbons (Fsp3) is 0.0625. The van der Waals surface area contributed by atoms with Gasteiger partial charge in [-0.3, -0.25) is 0 Å². The van der Waals surface area contributed by atoms with Gasteiger partial charge >= 0.3 is 5.97 Å². The number of methoxy groups -OCH3 is 1. The Labute approximate surface area is 116 Å².